The highest BCUT2D eigenvalue weighted by Crippen LogP contribution is 2.24. The van der Waals surface area contributed by atoms with Crippen LogP contribution in [0.5, 0.6) is 5.75 Å². The van der Waals surface area contributed by atoms with Gasteiger partial charge in [-0.05, 0) is 36.4 Å². The summed E-state index contributed by atoms with van der Waals surface area (Å²) in [4.78, 5) is 13.7. The largest absolute Gasteiger partial charge is 0.495 e. The molecule has 2 aromatic rings. The third-order valence-electron chi connectivity index (χ3n) is 2.98. The molecule has 2 rings (SSSR count). The molecule has 0 fully saturated rings. The molecule has 0 saturated heterocycles. The van der Waals surface area contributed by atoms with Gasteiger partial charge in [0, 0.05) is 18.3 Å². The number of carbonyl (C=O) groups is 1. The van der Waals surface area contributed by atoms with Crippen molar-refractivity contribution in [1.29, 1.82) is 0 Å². The highest BCUT2D eigenvalue weighted by Gasteiger charge is 2.15. The highest BCUT2D eigenvalue weighted by atomic mass is 19.1. The van der Waals surface area contributed by atoms with Gasteiger partial charge in [-0.15, -0.1) is 0 Å². The minimum atomic E-state index is -0.392. The SMILES string of the molecule is COc1ccc(C(=O)N(C)c2cccc(F)c2)cc1N. The van der Waals surface area contributed by atoms with Crippen molar-refractivity contribution in [3.8, 4) is 5.75 Å². The maximum absolute atomic E-state index is 13.2. The van der Waals surface area contributed by atoms with Gasteiger partial charge in [-0.1, -0.05) is 6.07 Å². The Balaban J connectivity index is 2.29. The zero-order valence-electron chi connectivity index (χ0n) is 11.3. The van der Waals surface area contributed by atoms with Crippen molar-refractivity contribution in [3.05, 3.63) is 53.8 Å². The van der Waals surface area contributed by atoms with E-state index in [1.165, 1.54) is 30.2 Å². The summed E-state index contributed by atoms with van der Waals surface area (Å²) in [6.07, 6.45) is 0. The standard InChI is InChI=1S/C15H15FN2O2/c1-18(12-5-3-4-11(16)9-12)15(19)10-6-7-14(20-2)13(17)8-10/h3-9H,17H2,1-2H3. The molecular weight excluding hydrogens is 259 g/mol. The monoisotopic (exact) mass is 274 g/mol. The number of carbonyl (C=O) groups excluding carboxylic acids is 1. The van der Waals surface area contributed by atoms with Crippen LogP contribution in [0.1, 0.15) is 10.4 Å². The summed E-state index contributed by atoms with van der Waals surface area (Å²) in [6.45, 7) is 0. The molecule has 0 aromatic heterocycles. The molecule has 2 aromatic carbocycles. The zero-order chi connectivity index (χ0) is 14.7. The summed E-state index contributed by atoms with van der Waals surface area (Å²) in [6, 6.07) is 10.6. The van der Waals surface area contributed by atoms with Crippen molar-refractivity contribution in [2.75, 3.05) is 24.8 Å². The third kappa shape index (κ3) is 2.71. The maximum atomic E-state index is 13.2. The third-order valence-corrected chi connectivity index (χ3v) is 2.98. The Bertz CT molecular complexity index is 644. The fourth-order valence-corrected chi connectivity index (χ4v) is 1.86. The van der Waals surface area contributed by atoms with Gasteiger partial charge >= 0.3 is 0 Å². The number of nitrogens with two attached hydrogens (primary N) is 1. The van der Waals surface area contributed by atoms with Crippen LogP contribution in [0, 0.1) is 5.82 Å². The minimum Gasteiger partial charge on any atom is -0.495 e. The first kappa shape index (κ1) is 13.9. The Morgan fingerprint density at radius 3 is 2.60 bits per heavy atom. The van der Waals surface area contributed by atoms with E-state index in [-0.39, 0.29) is 5.91 Å². The molecule has 104 valence electrons. The second-order valence-electron chi connectivity index (χ2n) is 4.30. The smallest absolute Gasteiger partial charge is 0.258 e. The van der Waals surface area contributed by atoms with Crippen molar-refractivity contribution in [1.82, 2.24) is 0 Å². The Morgan fingerprint density at radius 2 is 2.00 bits per heavy atom. The Morgan fingerprint density at radius 1 is 1.25 bits per heavy atom. The summed E-state index contributed by atoms with van der Waals surface area (Å²) < 4.78 is 18.2. The first-order valence-electron chi connectivity index (χ1n) is 6.00. The normalized spacial score (nSPS) is 10.2. The second kappa shape index (κ2) is 5.61. The molecule has 0 aliphatic heterocycles. The van der Waals surface area contributed by atoms with Crippen LogP contribution in [-0.4, -0.2) is 20.1 Å². The van der Waals surface area contributed by atoms with Gasteiger partial charge in [-0.25, -0.2) is 4.39 Å². The van der Waals surface area contributed by atoms with E-state index < -0.39 is 5.82 Å². The number of benzene rings is 2. The topological polar surface area (TPSA) is 55.6 Å². The van der Waals surface area contributed by atoms with E-state index in [0.717, 1.165) is 0 Å². The van der Waals surface area contributed by atoms with Gasteiger partial charge in [0.1, 0.15) is 11.6 Å². The van der Waals surface area contributed by atoms with Crippen LogP contribution >= 0.6 is 0 Å². The molecule has 20 heavy (non-hydrogen) atoms. The molecule has 2 N–H and O–H groups in total. The number of amides is 1. The zero-order valence-corrected chi connectivity index (χ0v) is 11.3. The van der Waals surface area contributed by atoms with Gasteiger partial charge in [0.05, 0.1) is 12.8 Å². The number of ether oxygens (including phenoxy) is 1. The van der Waals surface area contributed by atoms with Gasteiger partial charge < -0.3 is 15.4 Å². The van der Waals surface area contributed by atoms with Crippen LogP contribution in [0.25, 0.3) is 0 Å². The van der Waals surface area contributed by atoms with Gasteiger partial charge in [-0.2, -0.15) is 0 Å². The highest BCUT2D eigenvalue weighted by molar-refractivity contribution is 6.06. The van der Waals surface area contributed by atoms with Gasteiger partial charge in [0.15, 0.2) is 0 Å². The molecule has 5 heteroatoms. The molecule has 0 radical (unpaired) electrons. The molecule has 0 spiro atoms. The average Bonchev–Trinajstić information content (AvgIpc) is 2.45. The Labute approximate surface area is 116 Å². The lowest BCUT2D eigenvalue weighted by atomic mass is 10.1. The lowest BCUT2D eigenvalue weighted by Gasteiger charge is -2.18. The minimum absolute atomic E-state index is 0.273. The number of nitrogen functional groups attached to an aromatic ring is 1. The predicted octanol–water partition coefficient (Wildman–Crippen LogP) is 2.69. The summed E-state index contributed by atoms with van der Waals surface area (Å²) in [5.74, 6) is -0.156. The van der Waals surface area contributed by atoms with Crippen molar-refractivity contribution in [3.63, 3.8) is 0 Å². The van der Waals surface area contributed by atoms with E-state index in [1.54, 1.807) is 31.3 Å². The van der Waals surface area contributed by atoms with Crippen LogP contribution < -0.4 is 15.4 Å². The summed E-state index contributed by atoms with van der Waals surface area (Å²) in [5.41, 5.74) is 7.05. The number of anilines is 2. The number of hydrogen-bond acceptors (Lipinski definition) is 3. The molecule has 0 aliphatic carbocycles. The van der Waals surface area contributed by atoms with Crippen LogP contribution in [0.2, 0.25) is 0 Å². The Hall–Kier alpha value is -2.56. The molecule has 0 bridgehead atoms. The fraction of sp³-hybridized carbons (Fsp3) is 0.133. The van der Waals surface area contributed by atoms with Crippen LogP contribution in [0.15, 0.2) is 42.5 Å². The quantitative estimate of drug-likeness (QED) is 0.875. The van der Waals surface area contributed by atoms with Gasteiger partial charge in [-0.3, -0.25) is 4.79 Å². The van der Waals surface area contributed by atoms with Gasteiger partial charge in [0.25, 0.3) is 5.91 Å². The van der Waals surface area contributed by atoms with E-state index in [0.29, 0.717) is 22.7 Å². The van der Waals surface area contributed by atoms with E-state index in [1.807, 2.05) is 0 Å². The summed E-state index contributed by atoms with van der Waals surface area (Å²) in [7, 11) is 3.09. The molecule has 4 nitrogen and oxygen atoms in total. The van der Waals surface area contributed by atoms with E-state index in [9.17, 15) is 9.18 Å². The molecule has 0 heterocycles. The number of methoxy groups -OCH3 is 1. The van der Waals surface area contributed by atoms with Gasteiger partial charge in [0.2, 0.25) is 0 Å². The second-order valence-corrected chi connectivity index (χ2v) is 4.30. The van der Waals surface area contributed by atoms with Crippen molar-refractivity contribution < 1.29 is 13.9 Å². The summed E-state index contributed by atoms with van der Waals surface area (Å²) in [5, 5.41) is 0. The molecule has 0 aliphatic rings. The fourth-order valence-electron chi connectivity index (χ4n) is 1.86. The van der Waals surface area contributed by atoms with Crippen molar-refractivity contribution in [2.45, 2.75) is 0 Å². The lowest BCUT2D eigenvalue weighted by Crippen LogP contribution is -2.26. The predicted molar refractivity (Wildman–Crippen MR) is 76.5 cm³/mol. The van der Waals surface area contributed by atoms with E-state index in [4.69, 9.17) is 10.5 Å². The maximum Gasteiger partial charge on any atom is 0.258 e. The summed E-state index contributed by atoms with van der Waals surface area (Å²) >= 11 is 0. The molecule has 0 saturated carbocycles. The average molecular weight is 274 g/mol. The number of hydrogen-bond donors (Lipinski definition) is 1. The van der Waals surface area contributed by atoms with Crippen molar-refractivity contribution in [2.24, 2.45) is 0 Å². The molecule has 1 amide bonds. The van der Waals surface area contributed by atoms with Crippen molar-refractivity contribution >= 4 is 17.3 Å². The molecule has 0 unspecified atom stereocenters. The first-order chi connectivity index (χ1) is 9.52. The number of nitrogens with zero attached hydrogens (tertiary/aromatic N) is 1. The lowest BCUT2D eigenvalue weighted by molar-refractivity contribution is 0.0993. The molecular formula is C15H15FN2O2. The van der Waals surface area contributed by atoms with Crippen LogP contribution in [0.3, 0.4) is 0 Å². The molecule has 0 atom stereocenters. The van der Waals surface area contributed by atoms with Crippen LogP contribution in [0.4, 0.5) is 15.8 Å². The van der Waals surface area contributed by atoms with Crippen LogP contribution in [-0.2, 0) is 0 Å². The Kier molecular flexibility index (Phi) is 3.89. The number of halogens is 1. The van der Waals surface area contributed by atoms with E-state index >= 15 is 0 Å². The first-order valence-corrected chi connectivity index (χ1v) is 6.00. The van der Waals surface area contributed by atoms with E-state index in [2.05, 4.69) is 0 Å². The number of rotatable bonds is 3.